The van der Waals surface area contributed by atoms with Crippen LogP contribution < -0.4 is 4.90 Å². The van der Waals surface area contributed by atoms with E-state index in [1.54, 1.807) is 6.20 Å². The number of carbonyl (C=O) groups is 1. The van der Waals surface area contributed by atoms with Gasteiger partial charge >= 0.3 is 5.97 Å². The minimum atomic E-state index is -0.373. The van der Waals surface area contributed by atoms with Crippen LogP contribution >= 0.6 is 0 Å². The first-order chi connectivity index (χ1) is 11.1. The van der Waals surface area contributed by atoms with E-state index >= 15 is 0 Å². The zero-order valence-electron chi connectivity index (χ0n) is 13.3. The molecule has 1 aliphatic heterocycles. The summed E-state index contributed by atoms with van der Waals surface area (Å²) in [6.07, 6.45) is 4.86. The molecule has 2 atom stereocenters. The third-order valence-corrected chi connectivity index (χ3v) is 4.36. The van der Waals surface area contributed by atoms with E-state index in [-0.39, 0.29) is 24.5 Å². The fourth-order valence-corrected chi connectivity index (χ4v) is 3.03. The summed E-state index contributed by atoms with van der Waals surface area (Å²) in [6.45, 7) is 3.49. The van der Waals surface area contributed by atoms with Crippen LogP contribution in [0, 0.1) is 5.92 Å². The van der Waals surface area contributed by atoms with Crippen molar-refractivity contribution in [2.75, 3.05) is 25.1 Å². The molecule has 0 bridgehead atoms. The van der Waals surface area contributed by atoms with E-state index in [0.717, 1.165) is 37.1 Å². The van der Waals surface area contributed by atoms with Crippen molar-refractivity contribution in [3.8, 4) is 0 Å². The molecule has 1 N–H and O–H groups in total. The third kappa shape index (κ3) is 3.12. The summed E-state index contributed by atoms with van der Waals surface area (Å²) < 4.78 is 6.19. The quantitative estimate of drug-likeness (QED) is 0.825. The molecule has 2 unspecified atom stereocenters. The zero-order valence-corrected chi connectivity index (χ0v) is 13.3. The lowest BCUT2D eigenvalue weighted by Gasteiger charge is -2.35. The maximum absolute atomic E-state index is 11.5. The van der Waals surface area contributed by atoms with Crippen molar-refractivity contribution in [2.45, 2.75) is 32.4 Å². The van der Waals surface area contributed by atoms with Crippen LogP contribution in [0.15, 0.2) is 12.5 Å². The first kappa shape index (κ1) is 15.7. The molecular formula is C15H21N5O3. The average Bonchev–Trinajstić information content (AvgIpc) is 2.98. The molecule has 23 heavy (non-hydrogen) atoms. The number of nitrogens with zero attached hydrogens (tertiary/aromatic N) is 5. The van der Waals surface area contributed by atoms with Gasteiger partial charge in [0, 0.05) is 19.0 Å². The summed E-state index contributed by atoms with van der Waals surface area (Å²) in [6, 6.07) is 0. The second-order valence-corrected chi connectivity index (χ2v) is 5.90. The van der Waals surface area contributed by atoms with Crippen molar-refractivity contribution in [1.82, 2.24) is 19.7 Å². The molecule has 8 heteroatoms. The Bertz CT molecular complexity index is 699. The lowest BCUT2D eigenvalue weighted by atomic mass is 9.93. The van der Waals surface area contributed by atoms with Gasteiger partial charge in [0.1, 0.15) is 18.7 Å². The number of fused-ring (bicyclic) bond motifs is 1. The molecular weight excluding hydrogens is 298 g/mol. The fourth-order valence-electron chi connectivity index (χ4n) is 3.03. The van der Waals surface area contributed by atoms with E-state index in [1.165, 1.54) is 18.1 Å². The van der Waals surface area contributed by atoms with Gasteiger partial charge in [0.05, 0.1) is 24.8 Å². The minimum Gasteiger partial charge on any atom is -0.468 e. The number of anilines is 1. The molecule has 124 valence electrons. The molecule has 0 aromatic carbocycles. The molecule has 0 aliphatic carbocycles. The predicted molar refractivity (Wildman–Crippen MR) is 84.0 cm³/mol. The number of hydrogen-bond donors (Lipinski definition) is 1. The number of carbonyl (C=O) groups excluding carboxylic acids is 1. The van der Waals surface area contributed by atoms with Crippen LogP contribution in [0.3, 0.4) is 0 Å². The minimum absolute atomic E-state index is 0.0206. The van der Waals surface area contributed by atoms with Crippen molar-refractivity contribution in [3.63, 3.8) is 0 Å². The topological polar surface area (TPSA) is 93.4 Å². The average molecular weight is 319 g/mol. The second-order valence-electron chi connectivity index (χ2n) is 5.90. The number of esters is 1. The van der Waals surface area contributed by atoms with E-state index in [0.29, 0.717) is 5.65 Å². The summed E-state index contributed by atoms with van der Waals surface area (Å²) in [5.41, 5.74) is 0.611. The first-order valence-corrected chi connectivity index (χ1v) is 7.76. The van der Waals surface area contributed by atoms with Crippen LogP contribution in [0.1, 0.15) is 19.8 Å². The van der Waals surface area contributed by atoms with Crippen LogP contribution in [0.2, 0.25) is 0 Å². The summed E-state index contributed by atoms with van der Waals surface area (Å²) in [5, 5.41) is 14.9. The molecule has 3 rings (SSSR count). The van der Waals surface area contributed by atoms with Crippen molar-refractivity contribution in [2.24, 2.45) is 5.92 Å². The van der Waals surface area contributed by atoms with Crippen LogP contribution in [-0.2, 0) is 16.1 Å². The lowest BCUT2D eigenvalue weighted by Crippen LogP contribution is -2.40. The number of piperidine rings is 1. The number of ether oxygens (including phenoxy) is 1. The number of methoxy groups -OCH3 is 1. The highest BCUT2D eigenvalue weighted by atomic mass is 16.5. The fraction of sp³-hybridized carbons (Fsp3) is 0.600. The summed E-state index contributed by atoms with van der Waals surface area (Å²) in [5.74, 6) is 0.664. The van der Waals surface area contributed by atoms with Gasteiger partial charge in [-0.3, -0.25) is 4.79 Å². The number of aromatic nitrogens is 4. The standard InChI is InChI=1S/C15H21N5O3/c1-10(21)11-4-3-5-19(7-11)14-12-6-18-20(8-13(22)23-2)15(12)17-9-16-14/h6,9-11,21H,3-5,7-8H2,1-2H3. The predicted octanol–water partition coefficient (Wildman–Crippen LogP) is 0.596. The zero-order chi connectivity index (χ0) is 16.4. The van der Waals surface area contributed by atoms with E-state index in [9.17, 15) is 9.90 Å². The highest BCUT2D eigenvalue weighted by Crippen LogP contribution is 2.28. The van der Waals surface area contributed by atoms with Crippen molar-refractivity contribution >= 4 is 22.8 Å². The lowest BCUT2D eigenvalue weighted by molar-refractivity contribution is -0.141. The van der Waals surface area contributed by atoms with Gasteiger partial charge in [0.15, 0.2) is 5.65 Å². The molecule has 1 saturated heterocycles. The van der Waals surface area contributed by atoms with E-state index in [1.807, 2.05) is 6.92 Å². The van der Waals surface area contributed by atoms with Crippen LogP contribution in [-0.4, -0.2) is 57.1 Å². The molecule has 0 spiro atoms. The second kappa shape index (κ2) is 6.49. The number of hydrogen-bond acceptors (Lipinski definition) is 7. The number of aliphatic hydroxyl groups excluding tert-OH is 1. The van der Waals surface area contributed by atoms with Gasteiger partial charge in [-0.25, -0.2) is 14.6 Å². The van der Waals surface area contributed by atoms with Crippen molar-refractivity contribution < 1.29 is 14.6 Å². The van der Waals surface area contributed by atoms with Gasteiger partial charge in [0.25, 0.3) is 0 Å². The van der Waals surface area contributed by atoms with Crippen LogP contribution in [0.25, 0.3) is 11.0 Å². The van der Waals surface area contributed by atoms with Gasteiger partial charge in [-0.1, -0.05) is 0 Å². The number of aliphatic hydroxyl groups is 1. The monoisotopic (exact) mass is 319 g/mol. The molecule has 0 radical (unpaired) electrons. The maximum Gasteiger partial charge on any atom is 0.327 e. The molecule has 0 saturated carbocycles. The van der Waals surface area contributed by atoms with Crippen molar-refractivity contribution in [3.05, 3.63) is 12.5 Å². The van der Waals surface area contributed by atoms with E-state index in [2.05, 4.69) is 24.7 Å². The Balaban J connectivity index is 1.91. The summed E-state index contributed by atoms with van der Waals surface area (Å²) in [4.78, 5) is 22.3. The van der Waals surface area contributed by atoms with Gasteiger partial charge in [-0.2, -0.15) is 5.10 Å². The molecule has 2 aromatic heterocycles. The molecule has 0 amide bonds. The highest BCUT2D eigenvalue weighted by Gasteiger charge is 2.26. The van der Waals surface area contributed by atoms with Gasteiger partial charge in [-0.15, -0.1) is 0 Å². The molecule has 8 nitrogen and oxygen atoms in total. The molecule has 1 aliphatic rings. The smallest absolute Gasteiger partial charge is 0.327 e. The van der Waals surface area contributed by atoms with Gasteiger partial charge < -0.3 is 14.7 Å². The SMILES string of the molecule is COC(=O)Cn1ncc2c(N3CCCC(C(C)O)C3)ncnc21. The van der Waals surface area contributed by atoms with Crippen LogP contribution in [0.5, 0.6) is 0 Å². The Morgan fingerprint density at radius 1 is 1.52 bits per heavy atom. The van der Waals surface area contributed by atoms with Crippen molar-refractivity contribution in [1.29, 1.82) is 0 Å². The van der Waals surface area contributed by atoms with Gasteiger partial charge in [0.2, 0.25) is 0 Å². The third-order valence-electron chi connectivity index (χ3n) is 4.36. The maximum atomic E-state index is 11.5. The Hall–Kier alpha value is -2.22. The molecule has 1 fully saturated rings. The Labute approximate surface area is 134 Å². The first-order valence-electron chi connectivity index (χ1n) is 7.76. The number of rotatable bonds is 4. The Kier molecular flexibility index (Phi) is 4.42. The van der Waals surface area contributed by atoms with E-state index in [4.69, 9.17) is 0 Å². The van der Waals surface area contributed by atoms with E-state index < -0.39 is 0 Å². The Morgan fingerprint density at radius 3 is 3.09 bits per heavy atom. The molecule has 3 heterocycles. The largest absolute Gasteiger partial charge is 0.468 e. The van der Waals surface area contributed by atoms with Gasteiger partial charge in [-0.05, 0) is 19.8 Å². The van der Waals surface area contributed by atoms with Crippen LogP contribution in [0.4, 0.5) is 5.82 Å². The Morgan fingerprint density at radius 2 is 2.35 bits per heavy atom. The summed E-state index contributed by atoms with van der Waals surface area (Å²) in [7, 11) is 1.35. The summed E-state index contributed by atoms with van der Waals surface area (Å²) >= 11 is 0. The normalized spacial score (nSPS) is 19.8. The molecule has 2 aromatic rings. The highest BCUT2D eigenvalue weighted by molar-refractivity contribution is 5.87.